The fourth-order valence-electron chi connectivity index (χ4n) is 6.38. The fourth-order valence-corrected chi connectivity index (χ4v) is 6.38. The number of imide groups is 1. The highest BCUT2D eigenvalue weighted by Gasteiger charge is 2.59. The number of nitrogens with zero attached hydrogens (tertiary/aromatic N) is 3. The Hall–Kier alpha value is -3.26. The molecule has 4 amide bonds. The molecule has 8 nitrogen and oxygen atoms in total. The Bertz CT molecular complexity index is 1140. The Morgan fingerprint density at radius 3 is 2.42 bits per heavy atom. The first kappa shape index (κ1) is 23.2. The number of ether oxygens (including phenoxy) is 1. The van der Waals surface area contributed by atoms with Crippen molar-refractivity contribution in [3.05, 3.63) is 66.0 Å². The summed E-state index contributed by atoms with van der Waals surface area (Å²) in [5.41, 5.74) is 0.221. The van der Waals surface area contributed by atoms with Crippen LogP contribution in [0.15, 0.2) is 54.9 Å². The van der Waals surface area contributed by atoms with Crippen molar-refractivity contribution in [2.45, 2.75) is 55.6 Å². The van der Waals surface area contributed by atoms with Crippen LogP contribution in [0, 0.1) is 5.92 Å². The van der Waals surface area contributed by atoms with Gasteiger partial charge in [0.1, 0.15) is 0 Å². The van der Waals surface area contributed by atoms with Gasteiger partial charge in [-0.25, -0.2) is 4.79 Å². The maximum absolute atomic E-state index is 14.0. The van der Waals surface area contributed by atoms with Crippen molar-refractivity contribution in [1.82, 2.24) is 20.1 Å². The van der Waals surface area contributed by atoms with Crippen molar-refractivity contribution >= 4 is 17.8 Å². The van der Waals surface area contributed by atoms with E-state index in [1.165, 1.54) is 4.90 Å². The molecule has 3 aliphatic heterocycles. The summed E-state index contributed by atoms with van der Waals surface area (Å²) in [5, 5.41) is 3.08. The molecule has 1 aliphatic carbocycles. The molecule has 1 N–H and O–H groups in total. The van der Waals surface area contributed by atoms with Gasteiger partial charge in [0.05, 0.1) is 18.1 Å². The molecule has 0 spiro atoms. The molecule has 6 rings (SSSR count). The highest BCUT2D eigenvalue weighted by molar-refractivity contribution is 6.07. The van der Waals surface area contributed by atoms with Crippen LogP contribution in [-0.2, 0) is 25.3 Å². The second kappa shape index (κ2) is 9.00. The van der Waals surface area contributed by atoms with E-state index in [9.17, 15) is 14.4 Å². The molecule has 3 saturated heterocycles. The Morgan fingerprint density at radius 1 is 1.03 bits per heavy atom. The second-order valence-electron chi connectivity index (χ2n) is 10.5. The van der Waals surface area contributed by atoms with Gasteiger partial charge >= 0.3 is 6.03 Å². The van der Waals surface area contributed by atoms with E-state index in [-0.39, 0.29) is 36.4 Å². The van der Waals surface area contributed by atoms with Crippen LogP contribution >= 0.6 is 0 Å². The molecular weight excluding hydrogens is 456 g/mol. The molecule has 4 heterocycles. The summed E-state index contributed by atoms with van der Waals surface area (Å²) in [6.07, 6.45) is 8.04. The number of nitrogens with one attached hydrogen (secondary N) is 1. The Balaban J connectivity index is 1.23. The normalized spacial score (nSPS) is 27.8. The molecule has 36 heavy (non-hydrogen) atoms. The predicted molar refractivity (Wildman–Crippen MR) is 132 cm³/mol. The van der Waals surface area contributed by atoms with E-state index in [1.807, 2.05) is 41.3 Å². The number of rotatable bonds is 6. The average molecular weight is 489 g/mol. The molecule has 0 radical (unpaired) electrons. The molecule has 0 unspecified atom stereocenters. The van der Waals surface area contributed by atoms with Crippen LogP contribution in [0.2, 0.25) is 0 Å². The van der Waals surface area contributed by atoms with Gasteiger partial charge in [-0.3, -0.25) is 19.5 Å². The number of hydrogen-bond acceptors (Lipinski definition) is 5. The number of aromatic nitrogens is 1. The maximum Gasteiger partial charge on any atom is 0.325 e. The number of urea groups is 1. The quantitative estimate of drug-likeness (QED) is 0.632. The van der Waals surface area contributed by atoms with E-state index < -0.39 is 11.0 Å². The SMILES string of the molecule is O=C1N[C@@](c2cccnc2)(C2CCN(C(=O)C3(c4ccccc4)CC3)CC2)C(=O)N1C[C@H]1CCCO1. The number of amides is 4. The van der Waals surface area contributed by atoms with E-state index in [0.717, 1.165) is 31.2 Å². The summed E-state index contributed by atoms with van der Waals surface area (Å²) >= 11 is 0. The molecule has 2 aromatic rings. The van der Waals surface area contributed by atoms with E-state index in [4.69, 9.17) is 4.74 Å². The van der Waals surface area contributed by atoms with E-state index >= 15 is 0 Å². The van der Waals surface area contributed by atoms with Gasteiger partial charge < -0.3 is 15.0 Å². The van der Waals surface area contributed by atoms with Crippen LogP contribution < -0.4 is 5.32 Å². The lowest BCUT2D eigenvalue weighted by atomic mass is 9.73. The van der Waals surface area contributed by atoms with Crippen molar-refractivity contribution in [1.29, 1.82) is 0 Å². The standard InChI is InChI=1S/C28H32N4O4/c33-24(27(12-13-27)20-6-2-1-3-7-20)31-15-10-21(11-16-31)28(22-8-4-14-29-18-22)25(34)32(26(35)30-28)19-23-9-5-17-36-23/h1-4,6-8,14,18,21,23H,5,9-13,15-17,19H2,(H,30,35)/t23-,28-/m1/s1. The lowest BCUT2D eigenvalue weighted by Crippen LogP contribution is -2.55. The summed E-state index contributed by atoms with van der Waals surface area (Å²) in [6, 6.07) is 13.3. The third kappa shape index (κ3) is 3.70. The van der Waals surface area contributed by atoms with Crippen LogP contribution in [0.25, 0.3) is 0 Å². The molecule has 0 bridgehead atoms. The van der Waals surface area contributed by atoms with Gasteiger partial charge in [-0.15, -0.1) is 0 Å². The molecule has 188 valence electrons. The third-order valence-electron chi connectivity index (χ3n) is 8.54. The molecule has 1 aromatic carbocycles. The smallest absolute Gasteiger partial charge is 0.325 e. The first-order valence-electron chi connectivity index (χ1n) is 13.1. The highest BCUT2D eigenvalue weighted by Crippen LogP contribution is 2.50. The molecule has 4 aliphatic rings. The highest BCUT2D eigenvalue weighted by atomic mass is 16.5. The van der Waals surface area contributed by atoms with Gasteiger partial charge in [-0.2, -0.15) is 0 Å². The van der Waals surface area contributed by atoms with Crippen molar-refractivity contribution in [2.24, 2.45) is 5.92 Å². The van der Waals surface area contributed by atoms with Gasteiger partial charge in [-0.05, 0) is 56.1 Å². The van der Waals surface area contributed by atoms with Crippen molar-refractivity contribution in [3.63, 3.8) is 0 Å². The Kier molecular flexibility index (Phi) is 5.79. The predicted octanol–water partition coefficient (Wildman–Crippen LogP) is 2.98. The van der Waals surface area contributed by atoms with Gasteiger partial charge in [-0.1, -0.05) is 36.4 Å². The topological polar surface area (TPSA) is 91.8 Å². The van der Waals surface area contributed by atoms with Crippen molar-refractivity contribution in [3.8, 4) is 0 Å². The monoisotopic (exact) mass is 488 g/mol. The molecule has 1 aromatic heterocycles. The van der Waals surface area contributed by atoms with Crippen LogP contribution in [-0.4, -0.2) is 65.0 Å². The Labute approximate surface area is 211 Å². The number of benzene rings is 1. The van der Waals surface area contributed by atoms with Crippen LogP contribution in [0.3, 0.4) is 0 Å². The molecule has 4 fully saturated rings. The first-order chi connectivity index (χ1) is 17.5. The lowest BCUT2D eigenvalue weighted by molar-refractivity contribution is -0.138. The largest absolute Gasteiger partial charge is 0.376 e. The number of pyridine rings is 1. The summed E-state index contributed by atoms with van der Waals surface area (Å²) in [5.74, 6) is -0.184. The number of hydrogen-bond donors (Lipinski definition) is 1. The molecule has 2 atom stereocenters. The van der Waals surface area contributed by atoms with E-state index in [2.05, 4.69) is 10.3 Å². The lowest BCUT2D eigenvalue weighted by Gasteiger charge is -2.41. The summed E-state index contributed by atoms with van der Waals surface area (Å²) in [6.45, 7) is 2.06. The minimum Gasteiger partial charge on any atom is -0.376 e. The molecule has 1 saturated carbocycles. The number of carbonyl (C=O) groups excluding carboxylic acids is 3. The number of piperidine rings is 1. The van der Waals surface area contributed by atoms with E-state index in [1.54, 1.807) is 18.5 Å². The van der Waals surface area contributed by atoms with Gasteiger partial charge in [0.15, 0.2) is 5.54 Å². The summed E-state index contributed by atoms with van der Waals surface area (Å²) in [4.78, 5) is 48.2. The fraction of sp³-hybridized carbons (Fsp3) is 0.500. The summed E-state index contributed by atoms with van der Waals surface area (Å²) < 4.78 is 5.72. The second-order valence-corrected chi connectivity index (χ2v) is 10.5. The minimum atomic E-state index is -1.17. The minimum absolute atomic E-state index is 0.114. The first-order valence-corrected chi connectivity index (χ1v) is 13.1. The third-order valence-corrected chi connectivity index (χ3v) is 8.54. The van der Waals surface area contributed by atoms with Crippen molar-refractivity contribution < 1.29 is 19.1 Å². The van der Waals surface area contributed by atoms with Crippen LogP contribution in [0.4, 0.5) is 4.79 Å². The Morgan fingerprint density at radius 2 is 1.78 bits per heavy atom. The maximum atomic E-state index is 14.0. The zero-order chi connectivity index (χ0) is 24.8. The summed E-state index contributed by atoms with van der Waals surface area (Å²) in [7, 11) is 0. The zero-order valence-corrected chi connectivity index (χ0v) is 20.4. The van der Waals surface area contributed by atoms with Gasteiger partial charge in [0, 0.05) is 37.7 Å². The van der Waals surface area contributed by atoms with Gasteiger partial charge in [0.25, 0.3) is 5.91 Å². The zero-order valence-electron chi connectivity index (χ0n) is 20.4. The molecule has 8 heteroatoms. The molecular formula is C28H32N4O4. The number of carbonyl (C=O) groups is 3. The van der Waals surface area contributed by atoms with E-state index in [0.29, 0.717) is 38.1 Å². The average Bonchev–Trinajstić information content (AvgIpc) is 3.50. The van der Waals surface area contributed by atoms with Crippen molar-refractivity contribution in [2.75, 3.05) is 26.2 Å². The number of likely N-dealkylation sites (tertiary alicyclic amines) is 1. The van der Waals surface area contributed by atoms with Gasteiger partial charge in [0.2, 0.25) is 5.91 Å². The van der Waals surface area contributed by atoms with Crippen LogP contribution in [0.1, 0.15) is 49.7 Å². The van der Waals surface area contributed by atoms with Crippen LogP contribution in [0.5, 0.6) is 0 Å².